The zero-order chi connectivity index (χ0) is 20.1. The Morgan fingerprint density at radius 1 is 1.39 bits per heavy atom. The molecule has 3 rings (SSSR count). The van der Waals surface area contributed by atoms with Gasteiger partial charge >= 0.3 is 0 Å². The molecule has 1 aromatic carbocycles. The number of aryl methyl sites for hydroxylation is 1. The number of halogens is 1. The lowest BCUT2D eigenvalue weighted by Crippen LogP contribution is -2.43. The van der Waals surface area contributed by atoms with Gasteiger partial charge in [-0.3, -0.25) is 4.99 Å². The molecule has 0 spiro atoms. The Bertz CT molecular complexity index is 879. The van der Waals surface area contributed by atoms with E-state index in [1.165, 1.54) is 23.2 Å². The van der Waals surface area contributed by atoms with Gasteiger partial charge in [0.15, 0.2) is 5.96 Å². The Morgan fingerprint density at radius 2 is 2.14 bits per heavy atom. The van der Waals surface area contributed by atoms with Crippen LogP contribution in [0.1, 0.15) is 37.4 Å². The first-order valence-electron chi connectivity index (χ1n) is 9.58. The molecule has 1 aromatic heterocycles. The van der Waals surface area contributed by atoms with Crippen molar-refractivity contribution in [3.8, 4) is 11.8 Å². The maximum Gasteiger partial charge on any atom is 0.191 e. The van der Waals surface area contributed by atoms with Crippen molar-refractivity contribution in [3.63, 3.8) is 0 Å². The fraction of sp³-hybridized carbons (Fsp3) is 0.450. The Balaban J connectivity index is 1.64. The van der Waals surface area contributed by atoms with Crippen molar-refractivity contribution >= 4 is 11.8 Å². The fourth-order valence-corrected chi connectivity index (χ4v) is 3.49. The van der Waals surface area contributed by atoms with E-state index in [-0.39, 0.29) is 11.6 Å². The molecule has 0 aliphatic carbocycles. The van der Waals surface area contributed by atoms with Crippen LogP contribution in [-0.4, -0.2) is 40.3 Å². The zero-order valence-electron chi connectivity index (χ0n) is 16.1. The van der Waals surface area contributed by atoms with E-state index in [1.807, 2.05) is 0 Å². The number of nitrogen functional groups attached to an aromatic ring is 1. The first kappa shape index (κ1) is 19.7. The van der Waals surface area contributed by atoms with Crippen LogP contribution in [0.15, 0.2) is 29.3 Å². The molecule has 0 saturated carbocycles. The molecule has 8 heteroatoms. The maximum atomic E-state index is 13.1. The Morgan fingerprint density at radius 3 is 2.82 bits per heavy atom. The normalized spacial score (nSPS) is 17.5. The number of piperidine rings is 1. The monoisotopic (exact) mass is 383 g/mol. The number of nitrogens with two attached hydrogens (primary N) is 2. The van der Waals surface area contributed by atoms with E-state index in [0.717, 1.165) is 19.5 Å². The highest BCUT2D eigenvalue weighted by Gasteiger charge is 2.18. The summed E-state index contributed by atoms with van der Waals surface area (Å²) in [5, 5.41) is 13.9. The molecule has 0 radical (unpaired) electrons. The molecule has 1 aliphatic heterocycles. The SMILES string of the molecule is CC1CCCN(C(N)=NCCCc2nn(-c3ccc(F)cc3)c(N)c2C#N)C1. The second-order valence-corrected chi connectivity index (χ2v) is 7.24. The van der Waals surface area contributed by atoms with Gasteiger partial charge in [-0.15, -0.1) is 0 Å². The molecular formula is C20H26FN7. The van der Waals surface area contributed by atoms with Crippen molar-refractivity contribution in [2.45, 2.75) is 32.6 Å². The molecule has 28 heavy (non-hydrogen) atoms. The van der Waals surface area contributed by atoms with Crippen LogP contribution in [0.25, 0.3) is 5.69 Å². The van der Waals surface area contributed by atoms with E-state index in [1.54, 1.807) is 12.1 Å². The first-order chi connectivity index (χ1) is 13.5. The first-order valence-corrected chi connectivity index (χ1v) is 9.58. The lowest BCUT2D eigenvalue weighted by Gasteiger charge is -2.31. The van der Waals surface area contributed by atoms with Gasteiger partial charge in [0.2, 0.25) is 0 Å². The van der Waals surface area contributed by atoms with E-state index in [2.05, 4.69) is 28.0 Å². The summed E-state index contributed by atoms with van der Waals surface area (Å²) in [6.07, 6.45) is 3.65. The van der Waals surface area contributed by atoms with E-state index < -0.39 is 0 Å². The van der Waals surface area contributed by atoms with Gasteiger partial charge in [0, 0.05) is 19.6 Å². The van der Waals surface area contributed by atoms with Crippen molar-refractivity contribution in [1.29, 1.82) is 5.26 Å². The van der Waals surface area contributed by atoms with Crippen LogP contribution in [0.4, 0.5) is 10.2 Å². The van der Waals surface area contributed by atoms with Gasteiger partial charge in [0.05, 0.1) is 11.4 Å². The van der Waals surface area contributed by atoms with Crippen LogP contribution in [0, 0.1) is 23.1 Å². The number of anilines is 1. The van der Waals surface area contributed by atoms with Gasteiger partial charge in [-0.2, -0.15) is 10.4 Å². The summed E-state index contributed by atoms with van der Waals surface area (Å²) < 4.78 is 14.6. The van der Waals surface area contributed by atoms with Crippen molar-refractivity contribution in [3.05, 3.63) is 41.3 Å². The van der Waals surface area contributed by atoms with Gasteiger partial charge in [-0.05, 0) is 55.9 Å². The minimum absolute atomic E-state index is 0.259. The number of nitriles is 1. The second-order valence-electron chi connectivity index (χ2n) is 7.24. The van der Waals surface area contributed by atoms with E-state index in [0.29, 0.717) is 48.2 Å². The number of aliphatic imine (C=N–C) groups is 1. The third kappa shape index (κ3) is 4.42. The number of hydrogen-bond donors (Lipinski definition) is 2. The number of guanidine groups is 1. The average Bonchev–Trinajstić information content (AvgIpc) is 3.01. The third-order valence-corrected chi connectivity index (χ3v) is 5.00. The van der Waals surface area contributed by atoms with Crippen LogP contribution >= 0.6 is 0 Å². The average molecular weight is 383 g/mol. The second kappa shape index (κ2) is 8.74. The molecular weight excluding hydrogens is 357 g/mol. The Kier molecular flexibility index (Phi) is 6.14. The van der Waals surface area contributed by atoms with Crippen molar-refractivity contribution in [2.24, 2.45) is 16.6 Å². The number of benzene rings is 1. The molecule has 148 valence electrons. The van der Waals surface area contributed by atoms with Gasteiger partial charge in [-0.25, -0.2) is 9.07 Å². The summed E-state index contributed by atoms with van der Waals surface area (Å²) >= 11 is 0. The quantitative estimate of drug-likeness (QED) is 0.468. The lowest BCUT2D eigenvalue weighted by atomic mass is 10.0. The van der Waals surface area contributed by atoms with E-state index in [9.17, 15) is 9.65 Å². The van der Waals surface area contributed by atoms with Gasteiger partial charge in [-0.1, -0.05) is 6.92 Å². The molecule has 1 fully saturated rings. The number of hydrogen-bond acceptors (Lipinski definition) is 4. The molecule has 0 amide bonds. The molecule has 2 aromatic rings. The number of nitrogens with zero attached hydrogens (tertiary/aromatic N) is 5. The van der Waals surface area contributed by atoms with Crippen LogP contribution in [0.5, 0.6) is 0 Å². The standard InChI is InChI=1S/C20H26FN7/c1-14-4-3-11-27(13-14)20(24)25-10-2-5-18-17(12-22)19(23)28(26-18)16-8-6-15(21)7-9-16/h6-9,14H,2-5,10-11,13,23H2,1H3,(H2,24,25). The predicted molar refractivity (Wildman–Crippen MR) is 107 cm³/mol. The van der Waals surface area contributed by atoms with Crippen molar-refractivity contribution < 1.29 is 4.39 Å². The summed E-state index contributed by atoms with van der Waals surface area (Å²) in [5.74, 6) is 1.14. The lowest BCUT2D eigenvalue weighted by molar-refractivity contribution is 0.270. The summed E-state index contributed by atoms with van der Waals surface area (Å²) in [6.45, 7) is 4.69. The highest BCUT2D eigenvalue weighted by atomic mass is 19.1. The van der Waals surface area contributed by atoms with Gasteiger partial charge in [0.25, 0.3) is 0 Å². The fourth-order valence-electron chi connectivity index (χ4n) is 3.49. The summed E-state index contributed by atoms with van der Waals surface area (Å²) in [7, 11) is 0. The molecule has 4 N–H and O–H groups in total. The van der Waals surface area contributed by atoms with Crippen molar-refractivity contribution in [1.82, 2.24) is 14.7 Å². The molecule has 1 unspecified atom stereocenters. The minimum Gasteiger partial charge on any atom is -0.382 e. The maximum absolute atomic E-state index is 13.1. The highest BCUT2D eigenvalue weighted by Crippen LogP contribution is 2.22. The third-order valence-electron chi connectivity index (χ3n) is 5.00. The Labute approximate surface area is 164 Å². The largest absolute Gasteiger partial charge is 0.382 e. The number of aromatic nitrogens is 2. The summed E-state index contributed by atoms with van der Waals surface area (Å²) in [4.78, 5) is 6.61. The predicted octanol–water partition coefficient (Wildman–Crippen LogP) is 2.44. The molecule has 0 bridgehead atoms. The zero-order valence-corrected chi connectivity index (χ0v) is 16.1. The topological polar surface area (TPSA) is 109 Å². The molecule has 7 nitrogen and oxygen atoms in total. The molecule has 2 heterocycles. The van der Waals surface area contributed by atoms with Gasteiger partial charge in [0.1, 0.15) is 23.3 Å². The van der Waals surface area contributed by atoms with Crippen LogP contribution in [-0.2, 0) is 6.42 Å². The highest BCUT2D eigenvalue weighted by molar-refractivity contribution is 5.78. The van der Waals surface area contributed by atoms with E-state index in [4.69, 9.17) is 11.5 Å². The summed E-state index contributed by atoms with van der Waals surface area (Å²) in [5.41, 5.74) is 13.8. The number of likely N-dealkylation sites (tertiary alicyclic amines) is 1. The summed E-state index contributed by atoms with van der Waals surface area (Å²) in [6, 6.07) is 7.94. The van der Waals surface area contributed by atoms with Crippen LogP contribution < -0.4 is 11.5 Å². The Hall–Kier alpha value is -3.08. The molecule has 1 atom stereocenters. The van der Waals surface area contributed by atoms with Crippen LogP contribution in [0.2, 0.25) is 0 Å². The van der Waals surface area contributed by atoms with E-state index >= 15 is 0 Å². The van der Waals surface area contributed by atoms with Gasteiger partial charge < -0.3 is 16.4 Å². The number of rotatable bonds is 5. The van der Waals surface area contributed by atoms with Crippen LogP contribution in [0.3, 0.4) is 0 Å². The molecule has 1 saturated heterocycles. The smallest absolute Gasteiger partial charge is 0.191 e. The minimum atomic E-state index is -0.339. The molecule has 1 aliphatic rings. The van der Waals surface area contributed by atoms with Crippen molar-refractivity contribution in [2.75, 3.05) is 25.4 Å².